The van der Waals surface area contributed by atoms with E-state index < -0.39 is 0 Å². The van der Waals surface area contributed by atoms with Gasteiger partial charge in [0.25, 0.3) is 0 Å². The van der Waals surface area contributed by atoms with Crippen LogP contribution in [0.25, 0.3) is 0 Å². The van der Waals surface area contributed by atoms with Crippen molar-refractivity contribution >= 4 is 23.4 Å². The van der Waals surface area contributed by atoms with Crippen LogP contribution in [0, 0.1) is 5.41 Å². The molecule has 3 rings (SSSR count). The van der Waals surface area contributed by atoms with Crippen LogP contribution in [0.5, 0.6) is 0 Å². The molecule has 0 unspecified atom stereocenters. The fourth-order valence-corrected chi connectivity index (χ4v) is 3.47. The molecule has 6 heteroatoms. The number of benzene rings is 1. The molecule has 122 valence electrons. The second-order valence-corrected chi connectivity index (χ2v) is 6.47. The minimum Gasteiger partial charge on any atom is -0.347 e. The maximum atomic E-state index is 12.4. The lowest BCUT2D eigenvalue weighted by molar-refractivity contribution is -0.132. The molecular weight excluding hydrogens is 294 g/mol. The Balaban J connectivity index is 1.65. The number of carbonyl (C=O) groups excluding carboxylic acids is 3. The second-order valence-electron chi connectivity index (χ2n) is 6.47. The molecule has 1 aromatic rings. The van der Waals surface area contributed by atoms with Crippen molar-refractivity contribution in [2.45, 2.75) is 19.8 Å². The maximum absolute atomic E-state index is 12.4. The summed E-state index contributed by atoms with van der Waals surface area (Å²) in [6.07, 6.45) is 1.31. The number of nitrogens with zero attached hydrogens (tertiary/aromatic N) is 2. The molecule has 0 saturated carbocycles. The van der Waals surface area contributed by atoms with E-state index in [9.17, 15) is 14.4 Å². The molecule has 0 aromatic heterocycles. The summed E-state index contributed by atoms with van der Waals surface area (Å²) in [5.74, 6) is -0.173. The predicted molar refractivity (Wildman–Crippen MR) is 85.7 cm³/mol. The van der Waals surface area contributed by atoms with Gasteiger partial charge in [-0.05, 0) is 18.6 Å². The molecule has 3 amide bonds. The summed E-state index contributed by atoms with van der Waals surface area (Å²) in [6.45, 7) is 3.31. The first-order valence-corrected chi connectivity index (χ1v) is 7.87. The Morgan fingerprint density at radius 1 is 1.22 bits per heavy atom. The largest absolute Gasteiger partial charge is 0.347 e. The molecule has 2 aliphatic heterocycles. The Bertz CT molecular complexity index is 631. The SMILES string of the molecule is CC(=O)NCC(=O)N1CC[C@]2(CC(=O)N(c3ccccc3)C2)C1. The molecule has 0 bridgehead atoms. The molecule has 2 saturated heterocycles. The number of rotatable bonds is 3. The summed E-state index contributed by atoms with van der Waals surface area (Å²) >= 11 is 0. The van der Waals surface area contributed by atoms with Crippen LogP contribution in [0.3, 0.4) is 0 Å². The van der Waals surface area contributed by atoms with Crippen LogP contribution < -0.4 is 10.2 Å². The summed E-state index contributed by atoms with van der Waals surface area (Å²) in [5, 5.41) is 2.54. The van der Waals surface area contributed by atoms with Gasteiger partial charge in [-0.25, -0.2) is 0 Å². The first-order valence-electron chi connectivity index (χ1n) is 7.87. The van der Waals surface area contributed by atoms with Gasteiger partial charge in [0.1, 0.15) is 0 Å². The quantitative estimate of drug-likeness (QED) is 0.896. The topological polar surface area (TPSA) is 69.7 Å². The number of carbonyl (C=O) groups is 3. The van der Waals surface area contributed by atoms with Gasteiger partial charge in [0.05, 0.1) is 6.54 Å². The minimum absolute atomic E-state index is 0.0295. The van der Waals surface area contributed by atoms with E-state index in [0.717, 1.165) is 12.1 Å². The van der Waals surface area contributed by atoms with Crippen molar-refractivity contribution in [1.29, 1.82) is 0 Å². The van der Waals surface area contributed by atoms with E-state index in [1.165, 1.54) is 6.92 Å². The number of anilines is 1. The van der Waals surface area contributed by atoms with Gasteiger partial charge < -0.3 is 15.1 Å². The summed E-state index contributed by atoms with van der Waals surface area (Å²) in [5.41, 5.74) is 0.760. The molecule has 1 aromatic carbocycles. The molecule has 2 heterocycles. The molecule has 1 atom stereocenters. The van der Waals surface area contributed by atoms with Gasteiger partial charge in [0.2, 0.25) is 17.7 Å². The van der Waals surface area contributed by atoms with Crippen LogP contribution in [0.1, 0.15) is 19.8 Å². The second kappa shape index (κ2) is 6.02. The standard InChI is InChI=1S/C17H21N3O3/c1-13(21)18-10-16(23)19-8-7-17(11-19)9-15(22)20(12-17)14-5-3-2-4-6-14/h2-6H,7-12H2,1H3,(H,18,21)/t17-/m0/s1. The molecular formula is C17H21N3O3. The highest BCUT2D eigenvalue weighted by Crippen LogP contribution is 2.41. The lowest BCUT2D eigenvalue weighted by Crippen LogP contribution is -2.40. The summed E-state index contributed by atoms with van der Waals surface area (Å²) in [4.78, 5) is 39.0. The van der Waals surface area contributed by atoms with Crippen molar-refractivity contribution in [2.24, 2.45) is 5.41 Å². The average Bonchev–Trinajstić information content (AvgIpc) is 3.09. The molecule has 23 heavy (non-hydrogen) atoms. The number of para-hydroxylation sites is 1. The van der Waals surface area contributed by atoms with Gasteiger partial charge in [-0.15, -0.1) is 0 Å². The summed E-state index contributed by atoms with van der Waals surface area (Å²) in [6, 6.07) is 9.64. The van der Waals surface area contributed by atoms with Gasteiger partial charge >= 0.3 is 0 Å². The zero-order chi connectivity index (χ0) is 16.4. The highest BCUT2D eigenvalue weighted by molar-refractivity contribution is 5.96. The van der Waals surface area contributed by atoms with Crippen molar-refractivity contribution in [1.82, 2.24) is 10.2 Å². The monoisotopic (exact) mass is 315 g/mol. The molecule has 2 fully saturated rings. The van der Waals surface area contributed by atoms with E-state index in [-0.39, 0.29) is 29.7 Å². The third kappa shape index (κ3) is 3.21. The van der Waals surface area contributed by atoms with E-state index in [1.807, 2.05) is 35.2 Å². The van der Waals surface area contributed by atoms with Crippen molar-refractivity contribution in [2.75, 3.05) is 31.1 Å². The van der Waals surface area contributed by atoms with Crippen LogP contribution in [0.2, 0.25) is 0 Å². The van der Waals surface area contributed by atoms with Gasteiger partial charge in [-0.1, -0.05) is 18.2 Å². The normalized spacial score (nSPS) is 23.6. The first-order chi connectivity index (χ1) is 11.0. The average molecular weight is 315 g/mol. The van der Waals surface area contributed by atoms with Crippen LogP contribution in [-0.2, 0) is 14.4 Å². The van der Waals surface area contributed by atoms with Gasteiger partial charge in [0, 0.05) is 44.1 Å². The Kier molecular flexibility index (Phi) is 4.07. The highest BCUT2D eigenvalue weighted by atomic mass is 16.2. The van der Waals surface area contributed by atoms with E-state index in [4.69, 9.17) is 0 Å². The lowest BCUT2D eigenvalue weighted by atomic mass is 9.86. The lowest BCUT2D eigenvalue weighted by Gasteiger charge is -2.24. The van der Waals surface area contributed by atoms with Crippen molar-refractivity contribution < 1.29 is 14.4 Å². The third-order valence-electron chi connectivity index (χ3n) is 4.67. The van der Waals surface area contributed by atoms with Crippen LogP contribution in [0.15, 0.2) is 30.3 Å². The molecule has 1 N–H and O–H groups in total. The molecule has 1 spiro atoms. The Morgan fingerprint density at radius 2 is 1.96 bits per heavy atom. The Morgan fingerprint density at radius 3 is 2.65 bits per heavy atom. The van der Waals surface area contributed by atoms with Crippen molar-refractivity contribution in [3.8, 4) is 0 Å². The third-order valence-corrected chi connectivity index (χ3v) is 4.67. The fraction of sp³-hybridized carbons (Fsp3) is 0.471. The number of likely N-dealkylation sites (tertiary alicyclic amines) is 1. The number of amides is 3. The van der Waals surface area contributed by atoms with Crippen molar-refractivity contribution in [3.63, 3.8) is 0 Å². The Hall–Kier alpha value is -2.37. The highest BCUT2D eigenvalue weighted by Gasteiger charge is 2.48. The van der Waals surface area contributed by atoms with Gasteiger partial charge in [-0.3, -0.25) is 14.4 Å². The van der Waals surface area contributed by atoms with Gasteiger partial charge in [0.15, 0.2) is 0 Å². The van der Waals surface area contributed by atoms with Crippen molar-refractivity contribution in [3.05, 3.63) is 30.3 Å². The van der Waals surface area contributed by atoms with Crippen LogP contribution in [-0.4, -0.2) is 48.8 Å². The van der Waals surface area contributed by atoms with Crippen LogP contribution in [0.4, 0.5) is 5.69 Å². The minimum atomic E-state index is -0.210. The molecule has 2 aliphatic rings. The zero-order valence-electron chi connectivity index (χ0n) is 13.2. The first kappa shape index (κ1) is 15.5. The van der Waals surface area contributed by atoms with E-state index >= 15 is 0 Å². The smallest absolute Gasteiger partial charge is 0.241 e. The molecule has 0 radical (unpaired) electrons. The fourth-order valence-electron chi connectivity index (χ4n) is 3.47. The van der Waals surface area contributed by atoms with E-state index in [0.29, 0.717) is 26.1 Å². The Labute approximate surface area is 135 Å². The predicted octanol–water partition coefficient (Wildman–Crippen LogP) is 0.778. The summed E-state index contributed by atoms with van der Waals surface area (Å²) < 4.78 is 0. The number of hydrogen-bond donors (Lipinski definition) is 1. The van der Waals surface area contributed by atoms with Crippen LogP contribution >= 0.6 is 0 Å². The number of hydrogen-bond acceptors (Lipinski definition) is 3. The zero-order valence-corrected chi connectivity index (χ0v) is 13.2. The summed E-state index contributed by atoms with van der Waals surface area (Å²) in [7, 11) is 0. The van der Waals surface area contributed by atoms with E-state index in [1.54, 1.807) is 4.90 Å². The maximum Gasteiger partial charge on any atom is 0.241 e. The van der Waals surface area contributed by atoms with Gasteiger partial charge in [-0.2, -0.15) is 0 Å². The van der Waals surface area contributed by atoms with E-state index in [2.05, 4.69) is 5.32 Å². The molecule has 6 nitrogen and oxygen atoms in total. The molecule has 0 aliphatic carbocycles. The number of nitrogens with one attached hydrogen (secondary N) is 1.